The van der Waals surface area contributed by atoms with Gasteiger partial charge < -0.3 is 9.84 Å². The van der Waals surface area contributed by atoms with Crippen LogP contribution in [0.2, 0.25) is 0 Å². The fourth-order valence-corrected chi connectivity index (χ4v) is 3.00. The molecule has 2 aromatic rings. The molecule has 0 aliphatic heterocycles. The average molecular weight is 337 g/mol. The minimum absolute atomic E-state index is 0.0174. The van der Waals surface area contributed by atoms with Crippen LogP contribution in [-0.2, 0) is 10.0 Å². The first-order valence-electron chi connectivity index (χ1n) is 7.12. The number of hydrogen-bond donors (Lipinski definition) is 2. The number of aryl methyl sites for hydroxylation is 1. The Morgan fingerprint density at radius 2 is 1.91 bits per heavy atom. The van der Waals surface area contributed by atoms with Gasteiger partial charge >= 0.3 is 0 Å². The Balaban J connectivity index is 2.08. The van der Waals surface area contributed by atoms with Crippen molar-refractivity contribution in [3.63, 3.8) is 0 Å². The topological polar surface area (TPSA) is 101 Å². The van der Waals surface area contributed by atoms with E-state index >= 15 is 0 Å². The lowest BCUT2D eigenvalue weighted by molar-refractivity contribution is 0.0949. The molecule has 1 aromatic heterocycles. The summed E-state index contributed by atoms with van der Waals surface area (Å²) in [7, 11) is -3.76. The monoisotopic (exact) mass is 337 g/mol. The van der Waals surface area contributed by atoms with E-state index in [-0.39, 0.29) is 16.6 Å². The SMILES string of the molecule is Cc1oncc1S(=O)(=O)Nc1ccc(C(=O)NCC(C)C)cc1. The molecule has 124 valence electrons. The standard InChI is InChI=1S/C15H19N3O4S/c1-10(2)8-16-15(19)12-4-6-13(7-5-12)18-23(20,21)14-9-17-22-11(14)3/h4-7,9-10,18H,8H2,1-3H3,(H,16,19). The van der Waals surface area contributed by atoms with Crippen molar-refractivity contribution in [3.05, 3.63) is 41.8 Å². The van der Waals surface area contributed by atoms with E-state index in [1.165, 1.54) is 19.1 Å². The minimum atomic E-state index is -3.76. The summed E-state index contributed by atoms with van der Waals surface area (Å²) >= 11 is 0. The summed E-state index contributed by atoms with van der Waals surface area (Å²) < 4.78 is 31.6. The molecule has 0 aliphatic rings. The van der Waals surface area contributed by atoms with Gasteiger partial charge in [0.1, 0.15) is 4.90 Å². The van der Waals surface area contributed by atoms with E-state index in [4.69, 9.17) is 4.52 Å². The highest BCUT2D eigenvalue weighted by Gasteiger charge is 2.20. The van der Waals surface area contributed by atoms with Gasteiger partial charge in [0.15, 0.2) is 5.76 Å². The molecule has 23 heavy (non-hydrogen) atoms. The Labute approximate surface area is 135 Å². The Morgan fingerprint density at radius 3 is 2.43 bits per heavy atom. The maximum atomic E-state index is 12.2. The van der Waals surface area contributed by atoms with Crippen molar-refractivity contribution in [3.8, 4) is 0 Å². The van der Waals surface area contributed by atoms with Crippen LogP contribution in [0.5, 0.6) is 0 Å². The largest absolute Gasteiger partial charge is 0.360 e. The molecule has 0 unspecified atom stereocenters. The average Bonchev–Trinajstić information content (AvgIpc) is 2.92. The Bertz CT molecular complexity index is 779. The zero-order valence-corrected chi connectivity index (χ0v) is 14.0. The molecule has 0 fully saturated rings. The molecule has 0 saturated carbocycles. The third kappa shape index (κ3) is 4.32. The molecule has 0 bridgehead atoms. The second-order valence-electron chi connectivity index (χ2n) is 5.53. The van der Waals surface area contributed by atoms with Gasteiger partial charge in [-0.2, -0.15) is 0 Å². The van der Waals surface area contributed by atoms with E-state index < -0.39 is 10.0 Å². The van der Waals surface area contributed by atoms with Gasteiger partial charge in [-0.15, -0.1) is 0 Å². The van der Waals surface area contributed by atoms with Gasteiger partial charge in [0.2, 0.25) is 0 Å². The van der Waals surface area contributed by atoms with E-state index in [2.05, 4.69) is 15.2 Å². The summed E-state index contributed by atoms with van der Waals surface area (Å²) in [4.78, 5) is 11.9. The maximum absolute atomic E-state index is 12.2. The number of amides is 1. The van der Waals surface area contributed by atoms with Crippen LogP contribution in [-0.4, -0.2) is 26.0 Å². The van der Waals surface area contributed by atoms with Crippen molar-refractivity contribution in [2.75, 3.05) is 11.3 Å². The van der Waals surface area contributed by atoms with Crippen LogP contribution in [0.1, 0.15) is 30.0 Å². The number of benzene rings is 1. The third-order valence-corrected chi connectivity index (χ3v) is 4.54. The van der Waals surface area contributed by atoms with E-state index in [1.807, 2.05) is 13.8 Å². The van der Waals surface area contributed by atoms with Crippen LogP contribution in [0, 0.1) is 12.8 Å². The molecule has 2 N–H and O–H groups in total. The van der Waals surface area contributed by atoms with E-state index in [0.717, 1.165) is 6.20 Å². The van der Waals surface area contributed by atoms with Gasteiger partial charge in [-0.1, -0.05) is 19.0 Å². The number of carbonyl (C=O) groups is 1. The van der Waals surface area contributed by atoms with Crippen LogP contribution < -0.4 is 10.0 Å². The Kier molecular flexibility index (Phi) is 5.05. The second-order valence-corrected chi connectivity index (χ2v) is 7.18. The van der Waals surface area contributed by atoms with Gasteiger partial charge in [-0.25, -0.2) is 8.42 Å². The fourth-order valence-electron chi connectivity index (χ4n) is 1.85. The molecular formula is C15H19N3O4S. The summed E-state index contributed by atoms with van der Waals surface area (Å²) in [5.41, 5.74) is 0.820. The quantitative estimate of drug-likeness (QED) is 0.841. The number of nitrogens with zero attached hydrogens (tertiary/aromatic N) is 1. The van der Waals surface area contributed by atoms with Crippen LogP contribution in [0.15, 0.2) is 39.9 Å². The highest BCUT2D eigenvalue weighted by Crippen LogP contribution is 2.19. The number of nitrogens with one attached hydrogen (secondary N) is 2. The van der Waals surface area contributed by atoms with E-state index in [0.29, 0.717) is 23.7 Å². The predicted molar refractivity (Wildman–Crippen MR) is 85.7 cm³/mol. The second kappa shape index (κ2) is 6.82. The number of hydrogen-bond acceptors (Lipinski definition) is 5. The highest BCUT2D eigenvalue weighted by atomic mass is 32.2. The fraction of sp³-hybridized carbons (Fsp3) is 0.333. The zero-order chi connectivity index (χ0) is 17.0. The third-order valence-electron chi connectivity index (χ3n) is 3.07. The van der Waals surface area contributed by atoms with E-state index in [1.54, 1.807) is 12.1 Å². The molecule has 1 heterocycles. The van der Waals surface area contributed by atoms with Crippen LogP contribution in [0.25, 0.3) is 0 Å². The molecule has 7 nitrogen and oxygen atoms in total. The summed E-state index contributed by atoms with van der Waals surface area (Å²) in [6, 6.07) is 6.19. The van der Waals surface area contributed by atoms with Crippen molar-refractivity contribution in [2.24, 2.45) is 5.92 Å². The van der Waals surface area contributed by atoms with Gasteiger partial charge in [-0.05, 0) is 37.1 Å². The van der Waals surface area contributed by atoms with Crippen molar-refractivity contribution >= 4 is 21.6 Å². The van der Waals surface area contributed by atoms with Crippen LogP contribution >= 0.6 is 0 Å². The Morgan fingerprint density at radius 1 is 1.26 bits per heavy atom. The molecule has 8 heteroatoms. The highest BCUT2D eigenvalue weighted by molar-refractivity contribution is 7.92. The van der Waals surface area contributed by atoms with Crippen LogP contribution in [0.3, 0.4) is 0 Å². The van der Waals surface area contributed by atoms with Crippen LogP contribution in [0.4, 0.5) is 5.69 Å². The van der Waals surface area contributed by atoms with Crippen molar-refractivity contribution in [2.45, 2.75) is 25.7 Å². The van der Waals surface area contributed by atoms with Crippen molar-refractivity contribution < 1.29 is 17.7 Å². The molecule has 1 aromatic carbocycles. The summed E-state index contributed by atoms with van der Waals surface area (Å²) in [6.45, 7) is 6.11. The summed E-state index contributed by atoms with van der Waals surface area (Å²) in [5.74, 6) is 0.377. The summed E-state index contributed by atoms with van der Waals surface area (Å²) in [6.07, 6.45) is 1.14. The number of sulfonamides is 1. The molecule has 0 radical (unpaired) electrons. The molecule has 2 rings (SSSR count). The molecule has 0 atom stereocenters. The minimum Gasteiger partial charge on any atom is -0.360 e. The van der Waals surface area contributed by atoms with Gasteiger partial charge in [0, 0.05) is 17.8 Å². The number of anilines is 1. The maximum Gasteiger partial charge on any atom is 0.267 e. The normalized spacial score (nSPS) is 11.5. The molecule has 0 spiro atoms. The molecule has 0 aliphatic carbocycles. The molecule has 1 amide bonds. The lowest BCUT2D eigenvalue weighted by Crippen LogP contribution is -2.27. The lowest BCUT2D eigenvalue weighted by atomic mass is 10.2. The first-order valence-corrected chi connectivity index (χ1v) is 8.60. The van der Waals surface area contributed by atoms with Gasteiger partial charge in [-0.3, -0.25) is 9.52 Å². The first kappa shape index (κ1) is 17.0. The molecular weight excluding hydrogens is 318 g/mol. The predicted octanol–water partition coefficient (Wildman–Crippen LogP) is 2.17. The zero-order valence-electron chi connectivity index (χ0n) is 13.2. The first-order chi connectivity index (χ1) is 10.8. The Hall–Kier alpha value is -2.35. The van der Waals surface area contributed by atoms with Crippen molar-refractivity contribution in [1.82, 2.24) is 10.5 Å². The smallest absolute Gasteiger partial charge is 0.267 e. The lowest BCUT2D eigenvalue weighted by Gasteiger charge is -2.09. The summed E-state index contributed by atoms with van der Waals surface area (Å²) in [5, 5.41) is 6.25. The van der Waals surface area contributed by atoms with Crippen molar-refractivity contribution in [1.29, 1.82) is 0 Å². The number of carbonyl (C=O) groups excluding carboxylic acids is 1. The van der Waals surface area contributed by atoms with Gasteiger partial charge in [0.25, 0.3) is 15.9 Å². The molecule has 0 saturated heterocycles. The van der Waals surface area contributed by atoms with E-state index in [9.17, 15) is 13.2 Å². The van der Waals surface area contributed by atoms with Gasteiger partial charge in [0.05, 0.1) is 6.20 Å². The number of rotatable bonds is 6. The number of aromatic nitrogens is 1.